The van der Waals surface area contributed by atoms with Crippen LogP contribution in [0.15, 0.2) is 140 Å². The van der Waals surface area contributed by atoms with E-state index in [9.17, 15) is 55.2 Å². The molecule has 0 spiro atoms. The van der Waals surface area contributed by atoms with Crippen molar-refractivity contribution in [3.63, 3.8) is 0 Å². The van der Waals surface area contributed by atoms with Crippen LogP contribution in [0.2, 0.25) is 20.1 Å². The lowest BCUT2D eigenvalue weighted by atomic mass is 9.95. The van der Waals surface area contributed by atoms with Crippen molar-refractivity contribution in [2.45, 2.75) is 144 Å². The van der Waals surface area contributed by atoms with E-state index in [0.29, 0.717) is 93.3 Å². The quantitative estimate of drug-likeness (QED) is 0.0323. The van der Waals surface area contributed by atoms with Gasteiger partial charge in [-0.15, -0.1) is 0 Å². The summed E-state index contributed by atoms with van der Waals surface area (Å²) >= 11 is 28.9. The van der Waals surface area contributed by atoms with Crippen LogP contribution in [0.1, 0.15) is 141 Å². The van der Waals surface area contributed by atoms with Crippen LogP contribution in [0.5, 0.6) is 0 Å². The number of benzene rings is 6. The third kappa shape index (κ3) is 19.7. The number of esters is 4. The average Bonchev–Trinajstić information content (AvgIpc) is 1.76. The highest BCUT2D eigenvalue weighted by Crippen LogP contribution is 2.38. The summed E-state index contributed by atoms with van der Waals surface area (Å²) in [6, 6.07) is 26.5. The number of hydrogen-bond acceptors (Lipinski definition) is 19. The third-order valence-corrected chi connectivity index (χ3v) is 22.7. The molecule has 29 heteroatoms. The zero-order valence-electron chi connectivity index (χ0n) is 56.7. The zero-order chi connectivity index (χ0) is 74.0. The fraction of sp³-hybridized carbons (Fsp3) is 0.351. The molecule has 2 aromatic heterocycles. The van der Waals surface area contributed by atoms with E-state index < -0.39 is 80.0 Å². The summed E-state index contributed by atoms with van der Waals surface area (Å²) in [6.45, 7) is 5.40. The predicted molar refractivity (Wildman–Crippen MR) is 389 cm³/mol. The third-order valence-electron chi connectivity index (χ3n) is 17.6. The van der Waals surface area contributed by atoms with Crippen molar-refractivity contribution >= 4 is 147 Å². The molecule has 2 N–H and O–H groups in total. The molecule has 1 fully saturated rings. The zero-order valence-corrected chi connectivity index (χ0v) is 62.2. The number of hydrogen-bond donors (Lipinski definition) is 2. The van der Waals surface area contributed by atoms with Gasteiger partial charge in [-0.1, -0.05) is 96.1 Å². The second-order valence-electron chi connectivity index (χ2n) is 25.2. The molecule has 0 bridgehead atoms. The van der Waals surface area contributed by atoms with Gasteiger partial charge in [-0.2, -0.15) is 11.8 Å². The summed E-state index contributed by atoms with van der Waals surface area (Å²) in [4.78, 5) is 109. The number of thioether (sulfide) groups is 1. The second kappa shape index (κ2) is 34.0. The molecule has 4 amide bonds. The van der Waals surface area contributed by atoms with E-state index in [1.54, 1.807) is 77.8 Å². The van der Waals surface area contributed by atoms with Gasteiger partial charge in [0.2, 0.25) is 12.6 Å². The van der Waals surface area contributed by atoms with Crippen LogP contribution in [0, 0.1) is 0 Å². The summed E-state index contributed by atoms with van der Waals surface area (Å²) in [5.41, 5.74) is 5.45. The molecule has 0 radical (unpaired) electrons. The van der Waals surface area contributed by atoms with Gasteiger partial charge in [-0.3, -0.25) is 28.8 Å². The van der Waals surface area contributed by atoms with Crippen LogP contribution in [0.4, 0.5) is 0 Å². The first-order chi connectivity index (χ1) is 49.0. The number of carbonyl (C=O) groups is 8. The standard InChI is InChI=1S/C40H42Cl2N2O9S2.C34H32Cl2N2O9S/c1-24(52-35(45)11-4-3-8-29-9-6-18-54-29)53-40(48)33(20-25-7-5-10-30(19-25)55(2,49)50)43-38(46)36-32(41)21-28-23-44(16-14-31(28)37(36)42)39(47)27-13-12-26-15-17-51-34(26)22-27;1-4-29(39)46-19(2)47-34(42)27(15-20-6-5-7-24(14-20)48(3,43)44)37-32(40)30-26(35)16-23-18-38(12-10-25(23)31(30)36)33(41)22-9-8-21-11-13-45-28(21)17-22/h5,7,10,12-13,15,17,19,21-22,24,29,33H,3-4,6,8-9,11,14,16,18,20,23H2,1-2H3,(H,43,46);5-9,11,13-14,16-17,19,27H,4,10,12,15,18H2,1-3H3,(H,37,40)/t24?,29?,33-;19?,27-/m00/s1. The molecule has 22 nitrogen and oxygen atoms in total. The van der Waals surface area contributed by atoms with E-state index in [1.165, 1.54) is 68.8 Å². The fourth-order valence-corrected chi connectivity index (χ4v) is 16.5. The molecule has 6 aromatic carbocycles. The maximum Gasteiger partial charge on any atom is 0.332 e. The molecule has 1 saturated heterocycles. The number of amides is 4. The van der Waals surface area contributed by atoms with Crippen molar-refractivity contribution < 1.29 is 83.0 Å². The van der Waals surface area contributed by atoms with E-state index in [0.717, 1.165) is 36.1 Å². The highest BCUT2D eigenvalue weighted by molar-refractivity contribution is 8.00. The van der Waals surface area contributed by atoms with Crippen LogP contribution in [0.25, 0.3) is 21.9 Å². The molecule has 0 saturated carbocycles. The van der Waals surface area contributed by atoms with Gasteiger partial charge in [0.15, 0.2) is 19.7 Å². The lowest BCUT2D eigenvalue weighted by molar-refractivity contribution is -0.187. The number of nitrogens with zero attached hydrogens (tertiary/aromatic N) is 2. The van der Waals surface area contributed by atoms with Crippen molar-refractivity contribution in [1.82, 2.24) is 20.4 Å². The minimum Gasteiger partial charge on any atom is -0.464 e. The maximum atomic E-state index is 13.9. The monoisotopic (exact) mass is 1540 g/mol. The van der Waals surface area contributed by atoms with E-state index >= 15 is 0 Å². The molecule has 0 aliphatic carbocycles. The number of sulfone groups is 2. The highest BCUT2D eigenvalue weighted by Gasteiger charge is 2.35. The molecular formula is C74H74Cl4N4O18S3. The number of halogens is 4. The van der Waals surface area contributed by atoms with Gasteiger partial charge in [0, 0.05) is 105 Å². The Morgan fingerprint density at radius 2 is 1.04 bits per heavy atom. The van der Waals surface area contributed by atoms with Gasteiger partial charge >= 0.3 is 23.9 Å². The van der Waals surface area contributed by atoms with Gasteiger partial charge in [-0.25, -0.2) is 26.4 Å². The smallest absolute Gasteiger partial charge is 0.332 e. The summed E-state index contributed by atoms with van der Waals surface area (Å²) in [5.74, 6) is -3.71. The topological polar surface area (TPSA) is 299 Å². The van der Waals surface area contributed by atoms with Crippen molar-refractivity contribution in [2.75, 3.05) is 31.4 Å². The Bertz CT molecular complexity index is 4830. The molecule has 3 unspecified atom stereocenters. The number of furan rings is 2. The summed E-state index contributed by atoms with van der Waals surface area (Å²) in [6.07, 6.45) is 8.36. The first-order valence-corrected chi connectivity index (χ1v) is 39.5. The van der Waals surface area contributed by atoms with Crippen LogP contribution in [-0.4, -0.2) is 135 Å². The molecular weight excluding hydrogens is 1470 g/mol. The molecule has 8 aromatic rings. The lowest BCUT2D eigenvalue weighted by Crippen LogP contribution is -2.45. The SMILES string of the molecule is CC(OC(=O)CCCCC1CCCS1)OC(=O)[C@H](Cc1cccc(S(C)(=O)=O)c1)NC(=O)c1c(Cl)cc2c(c1Cl)CCN(C(=O)c1ccc3ccoc3c1)C2.CCC(=O)OC(C)OC(=O)[C@H](Cc1cccc(S(C)(=O)=O)c1)NC(=O)c1c(Cl)cc2c(c1Cl)CCN(C(=O)c1ccc3ccoc3c1)C2. The molecule has 544 valence electrons. The van der Waals surface area contributed by atoms with Crippen LogP contribution in [-0.2, 0) is 96.6 Å². The molecule has 5 heterocycles. The Kier molecular flexibility index (Phi) is 25.5. The Hall–Kier alpha value is -8.43. The van der Waals surface area contributed by atoms with E-state index in [-0.39, 0.29) is 91.6 Å². The van der Waals surface area contributed by atoms with Crippen molar-refractivity contribution in [3.05, 3.63) is 197 Å². The van der Waals surface area contributed by atoms with Crippen molar-refractivity contribution in [1.29, 1.82) is 0 Å². The number of rotatable bonds is 24. The average molecular weight is 1550 g/mol. The number of fused-ring (bicyclic) bond motifs is 4. The number of unbranched alkanes of at least 4 members (excludes halogenated alkanes) is 1. The molecule has 11 rings (SSSR count). The predicted octanol–water partition coefficient (Wildman–Crippen LogP) is 13.1. The van der Waals surface area contributed by atoms with Gasteiger partial charge in [0.05, 0.1) is 53.5 Å². The first kappa shape index (κ1) is 77.2. The minimum absolute atomic E-state index is 0.000936. The van der Waals surface area contributed by atoms with Gasteiger partial charge in [0.1, 0.15) is 23.2 Å². The Morgan fingerprint density at radius 1 is 0.583 bits per heavy atom. The lowest BCUT2D eigenvalue weighted by Gasteiger charge is -2.30. The number of ether oxygens (including phenoxy) is 4. The normalized spacial score (nSPS) is 15.5. The Labute approximate surface area is 619 Å². The Morgan fingerprint density at radius 3 is 1.47 bits per heavy atom. The molecule has 103 heavy (non-hydrogen) atoms. The molecule has 3 aliphatic rings. The van der Waals surface area contributed by atoms with E-state index in [1.807, 2.05) is 36.0 Å². The summed E-state index contributed by atoms with van der Waals surface area (Å²) in [5, 5.41) is 7.87. The van der Waals surface area contributed by atoms with Gasteiger partial charge in [0.25, 0.3) is 23.6 Å². The summed E-state index contributed by atoms with van der Waals surface area (Å²) in [7, 11) is -7.13. The summed E-state index contributed by atoms with van der Waals surface area (Å²) < 4.78 is 80.9. The largest absolute Gasteiger partial charge is 0.464 e. The van der Waals surface area contributed by atoms with Crippen LogP contribution < -0.4 is 10.6 Å². The van der Waals surface area contributed by atoms with E-state index in [4.69, 9.17) is 74.2 Å². The first-order valence-electron chi connectivity index (χ1n) is 33.2. The van der Waals surface area contributed by atoms with Gasteiger partial charge < -0.3 is 48.2 Å². The fourth-order valence-electron chi connectivity index (χ4n) is 12.3. The van der Waals surface area contributed by atoms with Crippen molar-refractivity contribution in [3.8, 4) is 0 Å². The molecule has 3 aliphatic heterocycles. The minimum atomic E-state index is -3.57. The number of nitrogens with one attached hydrogen (secondary N) is 2. The highest BCUT2D eigenvalue weighted by atomic mass is 35.5. The van der Waals surface area contributed by atoms with Crippen LogP contribution in [0.3, 0.4) is 0 Å². The number of carbonyl (C=O) groups excluding carboxylic acids is 8. The maximum absolute atomic E-state index is 13.9. The van der Waals surface area contributed by atoms with Crippen molar-refractivity contribution in [2.24, 2.45) is 0 Å². The Balaban J connectivity index is 0.000000224. The van der Waals surface area contributed by atoms with Gasteiger partial charge in [-0.05, 0) is 150 Å². The molecule has 5 atom stereocenters. The second-order valence-corrected chi connectivity index (χ2v) is 32.2. The van der Waals surface area contributed by atoms with E-state index in [2.05, 4.69) is 10.6 Å². The van der Waals surface area contributed by atoms with Crippen LogP contribution >= 0.6 is 58.2 Å².